The van der Waals surface area contributed by atoms with Gasteiger partial charge in [0.1, 0.15) is 5.52 Å². The fourth-order valence-electron chi connectivity index (χ4n) is 1.41. The molecule has 0 fully saturated rings. The van der Waals surface area contributed by atoms with Gasteiger partial charge in [-0.15, -0.1) is 0 Å². The van der Waals surface area contributed by atoms with E-state index in [1.807, 2.05) is 6.07 Å². The van der Waals surface area contributed by atoms with Crippen LogP contribution in [0.1, 0.15) is 5.56 Å². The number of nitrogens with zero attached hydrogens (tertiary/aromatic N) is 2. The molecular weight excluding hydrogens is 176 g/mol. The minimum atomic E-state index is 0.860. The van der Waals surface area contributed by atoms with Gasteiger partial charge in [0, 0.05) is 6.54 Å². The monoisotopic (exact) mass is 190 g/mol. The highest BCUT2D eigenvalue weighted by atomic mass is 16.3. The lowest BCUT2D eigenvalue weighted by Gasteiger charge is -2.08. The fraction of sp³-hybridized carbons (Fsp3) is 0.364. The second kappa shape index (κ2) is 3.80. The third-order valence-electron chi connectivity index (χ3n) is 2.24. The zero-order valence-corrected chi connectivity index (χ0v) is 8.53. The van der Waals surface area contributed by atoms with Crippen molar-refractivity contribution in [3.05, 3.63) is 30.2 Å². The zero-order chi connectivity index (χ0) is 9.97. The molecule has 0 spiro atoms. The van der Waals surface area contributed by atoms with Crippen LogP contribution in [0, 0.1) is 0 Å². The van der Waals surface area contributed by atoms with Crippen LogP contribution >= 0.6 is 0 Å². The molecule has 0 radical (unpaired) electrons. The summed E-state index contributed by atoms with van der Waals surface area (Å²) in [6, 6.07) is 6.16. The maximum Gasteiger partial charge on any atom is 0.181 e. The number of fused-ring (bicyclic) bond motifs is 1. The average molecular weight is 190 g/mol. The highest BCUT2D eigenvalue weighted by Gasteiger charge is 2.00. The predicted octanol–water partition coefficient (Wildman–Crippen LogP) is 1.93. The highest BCUT2D eigenvalue weighted by Crippen LogP contribution is 2.14. The zero-order valence-electron chi connectivity index (χ0n) is 8.53. The Morgan fingerprint density at radius 3 is 3.00 bits per heavy atom. The van der Waals surface area contributed by atoms with Crippen LogP contribution < -0.4 is 0 Å². The van der Waals surface area contributed by atoms with E-state index >= 15 is 0 Å². The van der Waals surface area contributed by atoms with Crippen LogP contribution in [0.5, 0.6) is 0 Å². The number of hydrogen-bond donors (Lipinski definition) is 0. The van der Waals surface area contributed by atoms with Crippen LogP contribution in [0.3, 0.4) is 0 Å². The summed E-state index contributed by atoms with van der Waals surface area (Å²) < 4.78 is 5.18. The molecule has 3 nitrogen and oxygen atoms in total. The first kappa shape index (κ1) is 9.21. The van der Waals surface area contributed by atoms with Crippen LogP contribution in [0.2, 0.25) is 0 Å². The van der Waals surface area contributed by atoms with Crippen LogP contribution in [0.15, 0.2) is 29.0 Å². The van der Waals surface area contributed by atoms with E-state index in [1.54, 1.807) is 0 Å². The van der Waals surface area contributed by atoms with Crippen molar-refractivity contribution in [1.82, 2.24) is 9.88 Å². The lowest BCUT2D eigenvalue weighted by atomic mass is 10.1. The van der Waals surface area contributed by atoms with Gasteiger partial charge in [0.15, 0.2) is 12.0 Å². The Hall–Kier alpha value is -1.35. The van der Waals surface area contributed by atoms with Gasteiger partial charge in [0.2, 0.25) is 0 Å². The van der Waals surface area contributed by atoms with Crippen molar-refractivity contribution < 1.29 is 4.42 Å². The van der Waals surface area contributed by atoms with E-state index < -0.39 is 0 Å². The van der Waals surface area contributed by atoms with Crippen LogP contribution in [0.25, 0.3) is 11.1 Å². The summed E-state index contributed by atoms with van der Waals surface area (Å²) in [6.07, 6.45) is 2.54. The van der Waals surface area contributed by atoms with Crippen molar-refractivity contribution in [2.75, 3.05) is 20.6 Å². The van der Waals surface area contributed by atoms with E-state index in [4.69, 9.17) is 4.42 Å². The molecule has 0 amide bonds. The van der Waals surface area contributed by atoms with Crippen LogP contribution in [-0.2, 0) is 6.42 Å². The summed E-state index contributed by atoms with van der Waals surface area (Å²) in [7, 11) is 4.16. The Morgan fingerprint density at radius 2 is 2.21 bits per heavy atom. The molecule has 0 aliphatic rings. The van der Waals surface area contributed by atoms with Gasteiger partial charge in [-0.25, -0.2) is 4.98 Å². The first-order valence-corrected chi connectivity index (χ1v) is 4.72. The summed E-state index contributed by atoms with van der Waals surface area (Å²) in [4.78, 5) is 6.30. The second-order valence-corrected chi connectivity index (χ2v) is 3.71. The molecule has 1 heterocycles. The molecule has 1 aromatic carbocycles. The molecule has 0 saturated carbocycles. The quantitative estimate of drug-likeness (QED) is 0.740. The molecule has 1 aromatic heterocycles. The van der Waals surface area contributed by atoms with Gasteiger partial charge in [-0.2, -0.15) is 0 Å². The molecule has 0 saturated heterocycles. The summed E-state index contributed by atoms with van der Waals surface area (Å²) in [6.45, 7) is 1.06. The molecule has 74 valence electrons. The van der Waals surface area contributed by atoms with Gasteiger partial charge >= 0.3 is 0 Å². The largest absolute Gasteiger partial charge is 0.443 e. The maximum atomic E-state index is 5.18. The van der Waals surface area contributed by atoms with Gasteiger partial charge in [0.25, 0.3) is 0 Å². The summed E-state index contributed by atoms with van der Waals surface area (Å²) in [5, 5.41) is 0. The third-order valence-corrected chi connectivity index (χ3v) is 2.24. The van der Waals surface area contributed by atoms with Gasteiger partial charge in [0.05, 0.1) is 0 Å². The number of likely N-dealkylation sites (N-methyl/N-ethyl adjacent to an activating group) is 1. The Labute approximate surface area is 83.3 Å². The average Bonchev–Trinajstić information content (AvgIpc) is 2.61. The van der Waals surface area contributed by atoms with Gasteiger partial charge < -0.3 is 9.32 Å². The molecule has 0 atom stereocenters. The topological polar surface area (TPSA) is 29.3 Å². The van der Waals surface area contributed by atoms with E-state index in [0.29, 0.717) is 0 Å². The molecule has 0 N–H and O–H groups in total. The molecule has 14 heavy (non-hydrogen) atoms. The molecule has 3 heteroatoms. The number of rotatable bonds is 3. The first-order valence-electron chi connectivity index (χ1n) is 4.72. The fourth-order valence-corrected chi connectivity index (χ4v) is 1.41. The molecule has 2 rings (SSSR count). The Balaban J connectivity index is 2.17. The molecule has 0 unspecified atom stereocenters. The Bertz CT molecular complexity index is 420. The second-order valence-electron chi connectivity index (χ2n) is 3.71. The number of benzene rings is 1. The predicted molar refractivity (Wildman–Crippen MR) is 56.3 cm³/mol. The highest BCUT2D eigenvalue weighted by molar-refractivity contribution is 5.72. The minimum absolute atomic E-state index is 0.860. The van der Waals surface area contributed by atoms with Crippen molar-refractivity contribution in [2.24, 2.45) is 0 Å². The van der Waals surface area contributed by atoms with E-state index in [9.17, 15) is 0 Å². The van der Waals surface area contributed by atoms with Crippen LogP contribution in [0.4, 0.5) is 0 Å². The van der Waals surface area contributed by atoms with E-state index in [2.05, 4.69) is 36.1 Å². The Morgan fingerprint density at radius 1 is 1.36 bits per heavy atom. The summed E-state index contributed by atoms with van der Waals surface area (Å²) >= 11 is 0. The number of hydrogen-bond acceptors (Lipinski definition) is 3. The lowest BCUT2D eigenvalue weighted by Crippen LogP contribution is -2.14. The van der Waals surface area contributed by atoms with E-state index in [-0.39, 0.29) is 0 Å². The van der Waals surface area contributed by atoms with Crippen LogP contribution in [-0.4, -0.2) is 30.5 Å². The van der Waals surface area contributed by atoms with Gasteiger partial charge in [-0.3, -0.25) is 0 Å². The van der Waals surface area contributed by atoms with Crippen molar-refractivity contribution in [2.45, 2.75) is 6.42 Å². The minimum Gasteiger partial charge on any atom is -0.443 e. The maximum absolute atomic E-state index is 5.18. The van der Waals surface area contributed by atoms with Crippen molar-refractivity contribution in [3.8, 4) is 0 Å². The van der Waals surface area contributed by atoms with Crippen molar-refractivity contribution in [1.29, 1.82) is 0 Å². The van der Waals surface area contributed by atoms with Crippen molar-refractivity contribution >= 4 is 11.1 Å². The lowest BCUT2D eigenvalue weighted by molar-refractivity contribution is 0.414. The summed E-state index contributed by atoms with van der Waals surface area (Å²) in [5.74, 6) is 0. The van der Waals surface area contributed by atoms with E-state index in [0.717, 1.165) is 24.1 Å². The molecule has 0 bridgehead atoms. The molecular formula is C11H14N2O. The SMILES string of the molecule is CN(C)CCc1ccc2ocnc2c1. The Kier molecular flexibility index (Phi) is 2.50. The summed E-state index contributed by atoms with van der Waals surface area (Å²) in [5.41, 5.74) is 3.11. The van der Waals surface area contributed by atoms with Gasteiger partial charge in [-0.05, 0) is 38.2 Å². The smallest absolute Gasteiger partial charge is 0.181 e. The van der Waals surface area contributed by atoms with Crippen molar-refractivity contribution in [3.63, 3.8) is 0 Å². The first-order chi connectivity index (χ1) is 6.75. The standard InChI is InChI=1S/C11H14N2O/c1-13(2)6-5-9-3-4-11-10(7-9)12-8-14-11/h3-4,7-8H,5-6H2,1-2H3. The third kappa shape index (κ3) is 1.93. The number of oxazole rings is 1. The number of aromatic nitrogens is 1. The normalized spacial score (nSPS) is 11.4. The molecule has 0 aliphatic carbocycles. The molecule has 0 aliphatic heterocycles. The van der Waals surface area contributed by atoms with Gasteiger partial charge in [-0.1, -0.05) is 6.07 Å². The van der Waals surface area contributed by atoms with E-state index in [1.165, 1.54) is 12.0 Å². The molecule has 2 aromatic rings.